The molecule has 10 heteroatoms. The van der Waals surface area contributed by atoms with Crippen molar-refractivity contribution in [1.82, 2.24) is 20.5 Å². The quantitative estimate of drug-likeness (QED) is 0.300. The number of hydrogen-bond acceptors (Lipinski definition) is 8. The predicted molar refractivity (Wildman–Crippen MR) is 127 cm³/mol. The molecular weight excluding hydrogens is 422 g/mol. The van der Waals surface area contributed by atoms with Crippen molar-refractivity contribution in [1.29, 1.82) is 0 Å². The monoisotopic (exact) mass is 449 g/mol. The summed E-state index contributed by atoms with van der Waals surface area (Å²) in [5, 5.41) is 15.9. The van der Waals surface area contributed by atoms with Crippen LogP contribution in [0, 0.1) is 0 Å². The topological polar surface area (TPSA) is 124 Å². The average Bonchev–Trinajstić information content (AvgIpc) is 3.59. The number of aromatic nitrogens is 3. The summed E-state index contributed by atoms with van der Waals surface area (Å²) in [5.41, 5.74) is 3.75. The molecule has 4 aromatic rings. The van der Waals surface area contributed by atoms with Crippen LogP contribution < -0.4 is 20.9 Å². The van der Waals surface area contributed by atoms with E-state index in [1.807, 2.05) is 19.2 Å². The first-order chi connectivity index (χ1) is 16.2. The summed E-state index contributed by atoms with van der Waals surface area (Å²) in [6, 6.07) is 7.71. The first-order valence-corrected chi connectivity index (χ1v) is 11.2. The number of benzene rings is 1. The molecule has 1 saturated heterocycles. The number of fused-ring (bicyclic) bond motifs is 1. The van der Waals surface area contributed by atoms with Crippen LogP contribution in [0.25, 0.3) is 22.4 Å². The summed E-state index contributed by atoms with van der Waals surface area (Å²) < 4.78 is 11.6. The van der Waals surface area contributed by atoms with E-state index in [-0.39, 0.29) is 11.7 Å². The number of likely N-dealkylation sites (N-methyl/N-ethyl adjacent to an activating group) is 1. The van der Waals surface area contributed by atoms with E-state index < -0.39 is 0 Å². The lowest BCUT2D eigenvalue weighted by Gasteiger charge is -2.30. The van der Waals surface area contributed by atoms with Crippen LogP contribution in [-0.2, 0) is 0 Å². The number of furan rings is 1. The van der Waals surface area contributed by atoms with Gasteiger partial charge in [-0.25, -0.2) is 0 Å². The molecule has 1 aliphatic rings. The number of rotatable bonds is 8. The van der Waals surface area contributed by atoms with Gasteiger partial charge in [-0.15, -0.1) is 0 Å². The van der Waals surface area contributed by atoms with Crippen LogP contribution >= 0.6 is 0 Å². The zero-order valence-electron chi connectivity index (χ0n) is 18.5. The summed E-state index contributed by atoms with van der Waals surface area (Å²) in [7, 11) is 1.89. The maximum absolute atomic E-state index is 13.0. The molecule has 1 fully saturated rings. The fourth-order valence-electron chi connectivity index (χ4n) is 4.01. The Labute approximate surface area is 190 Å². The third-order valence-corrected chi connectivity index (χ3v) is 5.71. The number of amides is 1. The van der Waals surface area contributed by atoms with E-state index in [1.54, 1.807) is 24.5 Å². The lowest BCUT2D eigenvalue weighted by molar-refractivity contribution is 0.0997. The average molecular weight is 450 g/mol. The van der Waals surface area contributed by atoms with Crippen LogP contribution in [-0.4, -0.2) is 54.3 Å². The second kappa shape index (κ2) is 9.37. The first-order valence-electron chi connectivity index (χ1n) is 11.2. The van der Waals surface area contributed by atoms with Crippen LogP contribution in [0.3, 0.4) is 0 Å². The van der Waals surface area contributed by atoms with Crippen molar-refractivity contribution in [2.75, 3.05) is 48.8 Å². The molecular formula is C23H27N7O3. The summed E-state index contributed by atoms with van der Waals surface area (Å²) in [4.78, 5) is 19.9. The third-order valence-electron chi connectivity index (χ3n) is 5.71. The molecule has 5 rings (SSSR count). The molecule has 1 aliphatic heterocycles. The standard InChI is InChI=1S/C23H27N7O3/c1-24-7-8-25-23-29-17-11-18(30-9-3-2-4-10-30)16(12-21(17)33-23)28-22(31)20-6-5-19(32-20)15-13-26-27-14-15/h5-6,11-14,24H,2-4,7-10H2,1H3,(H,25,29)(H,26,27)(H,28,31). The summed E-state index contributed by atoms with van der Waals surface area (Å²) >= 11 is 0. The van der Waals surface area contributed by atoms with Crippen molar-refractivity contribution >= 4 is 34.4 Å². The van der Waals surface area contributed by atoms with Crippen LogP contribution in [0.1, 0.15) is 29.8 Å². The van der Waals surface area contributed by atoms with E-state index in [2.05, 4.69) is 36.0 Å². The molecule has 0 saturated carbocycles. The molecule has 4 N–H and O–H groups in total. The number of H-pyrrole nitrogens is 1. The lowest BCUT2D eigenvalue weighted by Crippen LogP contribution is -2.30. The lowest BCUT2D eigenvalue weighted by atomic mass is 10.1. The van der Waals surface area contributed by atoms with E-state index in [0.717, 1.165) is 49.2 Å². The Bertz CT molecular complexity index is 1220. The number of nitrogens with one attached hydrogen (secondary N) is 4. The maximum Gasteiger partial charge on any atom is 0.295 e. The van der Waals surface area contributed by atoms with E-state index in [0.29, 0.717) is 29.6 Å². The van der Waals surface area contributed by atoms with Crippen molar-refractivity contribution in [2.45, 2.75) is 19.3 Å². The molecule has 0 radical (unpaired) electrons. The van der Waals surface area contributed by atoms with Crippen molar-refractivity contribution < 1.29 is 13.6 Å². The van der Waals surface area contributed by atoms with Gasteiger partial charge in [-0.2, -0.15) is 10.1 Å². The number of oxazole rings is 1. The van der Waals surface area contributed by atoms with E-state index in [9.17, 15) is 4.79 Å². The maximum atomic E-state index is 13.0. The molecule has 172 valence electrons. The number of hydrogen-bond donors (Lipinski definition) is 4. The minimum Gasteiger partial charge on any atom is -0.451 e. The molecule has 0 bridgehead atoms. The summed E-state index contributed by atoms with van der Waals surface area (Å²) in [5.74, 6) is 0.477. The van der Waals surface area contributed by atoms with Gasteiger partial charge >= 0.3 is 0 Å². The number of carbonyl (C=O) groups is 1. The van der Waals surface area contributed by atoms with Gasteiger partial charge in [0.05, 0.1) is 23.1 Å². The largest absolute Gasteiger partial charge is 0.451 e. The van der Waals surface area contributed by atoms with Crippen LogP contribution in [0.5, 0.6) is 0 Å². The normalized spacial score (nSPS) is 14.0. The van der Waals surface area contributed by atoms with Gasteiger partial charge in [0.25, 0.3) is 11.9 Å². The van der Waals surface area contributed by atoms with Crippen LogP contribution in [0.2, 0.25) is 0 Å². The van der Waals surface area contributed by atoms with Crippen molar-refractivity contribution in [3.63, 3.8) is 0 Å². The van der Waals surface area contributed by atoms with Gasteiger partial charge in [-0.1, -0.05) is 0 Å². The molecule has 10 nitrogen and oxygen atoms in total. The fourth-order valence-corrected chi connectivity index (χ4v) is 4.01. The molecule has 0 aliphatic carbocycles. The van der Waals surface area contributed by atoms with Gasteiger partial charge in [0.15, 0.2) is 11.3 Å². The summed E-state index contributed by atoms with van der Waals surface area (Å²) in [6.07, 6.45) is 6.82. The molecule has 0 unspecified atom stereocenters. The number of carbonyl (C=O) groups excluding carboxylic acids is 1. The smallest absolute Gasteiger partial charge is 0.295 e. The van der Waals surface area contributed by atoms with Crippen molar-refractivity contribution in [3.05, 3.63) is 42.4 Å². The second-order valence-electron chi connectivity index (χ2n) is 8.04. The Morgan fingerprint density at radius 1 is 1.15 bits per heavy atom. The van der Waals surface area contributed by atoms with Gasteiger partial charge in [0, 0.05) is 38.4 Å². The SMILES string of the molecule is CNCCNc1nc2cc(N3CCCCC3)c(NC(=O)c3ccc(-c4cn[nH]c4)o3)cc2o1. The predicted octanol–water partition coefficient (Wildman–Crippen LogP) is 3.68. The Morgan fingerprint density at radius 3 is 2.82 bits per heavy atom. The highest BCUT2D eigenvalue weighted by Crippen LogP contribution is 2.35. The second-order valence-corrected chi connectivity index (χ2v) is 8.04. The molecule has 1 aromatic carbocycles. The number of piperidine rings is 1. The highest BCUT2D eigenvalue weighted by molar-refractivity contribution is 6.06. The number of anilines is 3. The number of nitrogens with zero attached hydrogens (tertiary/aromatic N) is 3. The van der Waals surface area contributed by atoms with Gasteiger partial charge in [-0.05, 0) is 44.5 Å². The van der Waals surface area contributed by atoms with Crippen molar-refractivity contribution in [3.8, 4) is 11.3 Å². The first kappa shape index (κ1) is 21.1. The van der Waals surface area contributed by atoms with Gasteiger partial charge in [0.1, 0.15) is 11.3 Å². The number of aromatic amines is 1. The Hall–Kier alpha value is -3.79. The van der Waals surface area contributed by atoms with Crippen LogP contribution in [0.4, 0.5) is 17.4 Å². The van der Waals surface area contributed by atoms with E-state index >= 15 is 0 Å². The van der Waals surface area contributed by atoms with E-state index in [4.69, 9.17) is 8.83 Å². The van der Waals surface area contributed by atoms with Gasteiger partial charge in [0.2, 0.25) is 0 Å². The zero-order valence-corrected chi connectivity index (χ0v) is 18.5. The Morgan fingerprint density at radius 2 is 2.03 bits per heavy atom. The van der Waals surface area contributed by atoms with Gasteiger partial charge in [-0.3, -0.25) is 9.89 Å². The Balaban J connectivity index is 1.43. The third kappa shape index (κ3) is 4.56. The molecule has 0 atom stereocenters. The zero-order chi connectivity index (χ0) is 22.6. The van der Waals surface area contributed by atoms with Crippen molar-refractivity contribution in [2.24, 2.45) is 0 Å². The highest BCUT2D eigenvalue weighted by atomic mass is 16.4. The molecule has 33 heavy (non-hydrogen) atoms. The van der Waals surface area contributed by atoms with E-state index in [1.165, 1.54) is 6.42 Å². The fraction of sp³-hybridized carbons (Fsp3) is 0.348. The van der Waals surface area contributed by atoms with Crippen LogP contribution in [0.15, 0.2) is 45.5 Å². The minimum absolute atomic E-state index is 0.225. The molecule has 3 aromatic heterocycles. The Kier molecular flexibility index (Phi) is 5.99. The molecule has 4 heterocycles. The van der Waals surface area contributed by atoms with Gasteiger partial charge < -0.3 is 29.7 Å². The molecule has 1 amide bonds. The summed E-state index contributed by atoms with van der Waals surface area (Å²) in [6.45, 7) is 3.36. The minimum atomic E-state index is -0.325. The molecule has 0 spiro atoms. The highest BCUT2D eigenvalue weighted by Gasteiger charge is 2.21.